The van der Waals surface area contributed by atoms with Crippen LogP contribution >= 0.6 is 0 Å². The molecule has 2 heterocycles. The highest BCUT2D eigenvalue weighted by molar-refractivity contribution is 5.91. The molecule has 8 nitrogen and oxygen atoms in total. The van der Waals surface area contributed by atoms with Crippen LogP contribution in [0, 0.1) is 5.92 Å². The molecule has 164 valence electrons. The van der Waals surface area contributed by atoms with Crippen LogP contribution in [-0.2, 0) is 33.3 Å². The number of fused-ring (bicyclic) bond motifs is 1. The van der Waals surface area contributed by atoms with Gasteiger partial charge >= 0.3 is 17.9 Å². The molecule has 7 atom stereocenters. The molecule has 2 saturated heterocycles. The molecule has 8 heteroatoms. The second-order valence-electron chi connectivity index (χ2n) is 8.30. The van der Waals surface area contributed by atoms with E-state index in [1.54, 1.807) is 39.8 Å². The predicted octanol–water partition coefficient (Wildman–Crippen LogP) is 1.76. The molecule has 1 N–H and O–H groups in total. The minimum absolute atomic E-state index is 0.0947. The number of aliphatic hydroxyl groups is 1. The van der Waals surface area contributed by atoms with Gasteiger partial charge in [0.05, 0.1) is 12.0 Å². The molecule has 0 spiro atoms. The molecule has 0 bridgehead atoms. The van der Waals surface area contributed by atoms with E-state index in [9.17, 15) is 19.5 Å². The smallest absolute Gasteiger partial charge is 0.341 e. The van der Waals surface area contributed by atoms with Gasteiger partial charge in [-0.3, -0.25) is 4.79 Å². The summed E-state index contributed by atoms with van der Waals surface area (Å²) in [7, 11) is 0. The molecular weight excluding hydrogens is 392 g/mol. The summed E-state index contributed by atoms with van der Waals surface area (Å²) in [6, 6.07) is 0. The molecule has 0 aromatic carbocycles. The topological polar surface area (TPSA) is 112 Å². The molecular formula is C22H28O8. The van der Waals surface area contributed by atoms with Crippen LogP contribution < -0.4 is 0 Å². The van der Waals surface area contributed by atoms with Crippen LogP contribution in [0.2, 0.25) is 0 Å². The number of hydrogen-bond donors (Lipinski definition) is 1. The van der Waals surface area contributed by atoms with Crippen molar-refractivity contribution >= 4 is 17.9 Å². The van der Waals surface area contributed by atoms with Gasteiger partial charge < -0.3 is 24.1 Å². The van der Waals surface area contributed by atoms with E-state index in [0.29, 0.717) is 17.6 Å². The Morgan fingerprint density at radius 1 is 1.27 bits per heavy atom. The highest BCUT2D eigenvalue weighted by atomic mass is 16.7. The summed E-state index contributed by atoms with van der Waals surface area (Å²) in [6.07, 6.45) is -0.284. The maximum atomic E-state index is 12.7. The zero-order valence-corrected chi connectivity index (χ0v) is 17.8. The summed E-state index contributed by atoms with van der Waals surface area (Å²) in [5, 5.41) is 11.2. The molecule has 0 aromatic heterocycles. The number of esters is 3. The van der Waals surface area contributed by atoms with Crippen LogP contribution in [0.4, 0.5) is 0 Å². The number of epoxide rings is 1. The number of carbonyl (C=O) groups excluding carboxylic acids is 3. The van der Waals surface area contributed by atoms with Gasteiger partial charge in [0.2, 0.25) is 0 Å². The van der Waals surface area contributed by atoms with E-state index < -0.39 is 53.8 Å². The summed E-state index contributed by atoms with van der Waals surface area (Å²) in [5.74, 6) is -2.50. The van der Waals surface area contributed by atoms with Gasteiger partial charge in [0, 0.05) is 18.9 Å². The van der Waals surface area contributed by atoms with Crippen molar-refractivity contribution in [1.82, 2.24) is 0 Å². The lowest BCUT2D eigenvalue weighted by Crippen LogP contribution is -2.44. The maximum Gasteiger partial charge on any atom is 0.341 e. The Kier molecular flexibility index (Phi) is 5.93. The summed E-state index contributed by atoms with van der Waals surface area (Å²) in [4.78, 5) is 36.4. The monoisotopic (exact) mass is 420 g/mol. The number of rotatable bonds is 3. The number of carbonyl (C=O) groups is 3. The Labute approximate surface area is 175 Å². The van der Waals surface area contributed by atoms with Crippen molar-refractivity contribution in [3.63, 3.8) is 0 Å². The summed E-state index contributed by atoms with van der Waals surface area (Å²) >= 11 is 0. The lowest BCUT2D eigenvalue weighted by molar-refractivity contribution is -0.160. The molecule has 3 aliphatic rings. The number of hydrogen-bond acceptors (Lipinski definition) is 8. The molecule has 1 aliphatic carbocycles. The molecule has 7 unspecified atom stereocenters. The largest absolute Gasteiger partial charge is 0.458 e. The van der Waals surface area contributed by atoms with Gasteiger partial charge in [0.1, 0.15) is 24.4 Å². The molecule has 2 aliphatic heterocycles. The fourth-order valence-corrected chi connectivity index (χ4v) is 3.85. The quantitative estimate of drug-likeness (QED) is 0.242. The second kappa shape index (κ2) is 8.00. The van der Waals surface area contributed by atoms with E-state index in [0.717, 1.165) is 0 Å². The normalized spacial score (nSPS) is 42.1. The Morgan fingerprint density at radius 2 is 1.90 bits per heavy atom. The van der Waals surface area contributed by atoms with Crippen molar-refractivity contribution < 1.29 is 38.4 Å². The van der Waals surface area contributed by atoms with E-state index >= 15 is 0 Å². The Bertz CT molecular complexity index is 840. The highest BCUT2D eigenvalue weighted by Gasteiger charge is 2.58. The molecule has 0 radical (unpaired) electrons. The molecule has 0 amide bonds. The van der Waals surface area contributed by atoms with Crippen LogP contribution in [0.15, 0.2) is 35.5 Å². The lowest BCUT2D eigenvalue weighted by atomic mass is 9.83. The average molecular weight is 420 g/mol. The van der Waals surface area contributed by atoms with Crippen molar-refractivity contribution in [2.45, 2.75) is 77.2 Å². The molecule has 3 rings (SSSR count). The first-order valence-electron chi connectivity index (χ1n) is 9.94. The van der Waals surface area contributed by atoms with Gasteiger partial charge in [-0.2, -0.15) is 0 Å². The van der Waals surface area contributed by atoms with E-state index in [-0.39, 0.29) is 11.7 Å². The molecule has 2 fully saturated rings. The zero-order valence-electron chi connectivity index (χ0n) is 17.8. The van der Waals surface area contributed by atoms with Crippen LogP contribution in [0.25, 0.3) is 0 Å². The first kappa shape index (κ1) is 22.2. The van der Waals surface area contributed by atoms with Crippen LogP contribution in [-0.4, -0.2) is 59.1 Å². The van der Waals surface area contributed by atoms with Crippen molar-refractivity contribution in [3.05, 3.63) is 35.5 Å². The Balaban J connectivity index is 1.98. The first-order chi connectivity index (χ1) is 14.0. The third-order valence-electron chi connectivity index (χ3n) is 6.07. The Hall–Kier alpha value is -2.45. The minimum Gasteiger partial charge on any atom is -0.458 e. The van der Waals surface area contributed by atoms with Crippen molar-refractivity contribution in [1.29, 1.82) is 0 Å². The second-order valence-corrected chi connectivity index (χ2v) is 8.30. The first-order valence-corrected chi connectivity index (χ1v) is 9.94. The van der Waals surface area contributed by atoms with Crippen LogP contribution in [0.3, 0.4) is 0 Å². The van der Waals surface area contributed by atoms with Crippen molar-refractivity contribution in [2.24, 2.45) is 5.92 Å². The van der Waals surface area contributed by atoms with E-state index in [1.165, 1.54) is 6.92 Å². The highest BCUT2D eigenvalue weighted by Crippen LogP contribution is 2.40. The minimum atomic E-state index is -1.26. The SMILES string of the molecule is C=C1C(=O)OC2/C=C(/C)C(OC(C)=O)C/C=C(\C)C(OC(=O)C3(C)OC3C)C(O)C12. The third kappa shape index (κ3) is 4.06. The lowest BCUT2D eigenvalue weighted by Gasteiger charge is -2.31. The van der Waals surface area contributed by atoms with Gasteiger partial charge in [-0.15, -0.1) is 0 Å². The van der Waals surface area contributed by atoms with Gasteiger partial charge in [-0.1, -0.05) is 12.7 Å². The standard InChI is InChI=1S/C22H28O8/c1-10-7-8-15(27-14(5)23)11(2)9-16-17(12(3)20(25)28-16)18(24)19(10)29-21(26)22(6)13(4)30-22/h7,9,13,15-19,24H,3,8H2,1-2,4-6H3/b10-7+,11-9-. The fraction of sp³-hybridized carbons (Fsp3) is 0.591. The molecule has 0 aromatic rings. The molecule has 0 saturated carbocycles. The third-order valence-corrected chi connectivity index (χ3v) is 6.07. The van der Waals surface area contributed by atoms with Crippen LogP contribution in [0.1, 0.15) is 41.0 Å². The fourth-order valence-electron chi connectivity index (χ4n) is 3.85. The number of ether oxygens (including phenoxy) is 4. The van der Waals surface area contributed by atoms with Gasteiger partial charge in [0.25, 0.3) is 0 Å². The summed E-state index contributed by atoms with van der Waals surface area (Å²) in [6.45, 7) is 11.9. The predicted molar refractivity (Wildman–Crippen MR) is 105 cm³/mol. The van der Waals surface area contributed by atoms with E-state index in [4.69, 9.17) is 18.9 Å². The number of aliphatic hydroxyl groups excluding tert-OH is 1. The van der Waals surface area contributed by atoms with Crippen LogP contribution in [0.5, 0.6) is 0 Å². The zero-order chi connectivity index (χ0) is 22.4. The van der Waals surface area contributed by atoms with Gasteiger partial charge in [0.15, 0.2) is 5.60 Å². The Morgan fingerprint density at radius 3 is 2.47 bits per heavy atom. The van der Waals surface area contributed by atoms with Gasteiger partial charge in [-0.25, -0.2) is 9.59 Å². The summed E-state index contributed by atoms with van der Waals surface area (Å²) < 4.78 is 21.8. The average Bonchev–Trinajstić information content (AvgIpc) is 3.18. The van der Waals surface area contributed by atoms with Crippen molar-refractivity contribution in [2.75, 3.05) is 0 Å². The van der Waals surface area contributed by atoms with E-state index in [1.807, 2.05) is 0 Å². The molecule has 30 heavy (non-hydrogen) atoms. The summed E-state index contributed by atoms with van der Waals surface area (Å²) in [5.41, 5.74) is 0.273. The maximum absolute atomic E-state index is 12.7. The van der Waals surface area contributed by atoms with Crippen molar-refractivity contribution in [3.8, 4) is 0 Å². The van der Waals surface area contributed by atoms with E-state index in [2.05, 4.69) is 6.58 Å². The van der Waals surface area contributed by atoms with Gasteiger partial charge in [-0.05, 0) is 44.9 Å².